The Morgan fingerprint density at radius 3 is 2.79 bits per heavy atom. The van der Waals surface area contributed by atoms with Gasteiger partial charge < -0.3 is 4.74 Å². The van der Waals surface area contributed by atoms with Gasteiger partial charge in [0, 0.05) is 24.6 Å². The third-order valence-corrected chi connectivity index (χ3v) is 3.84. The Kier molecular flexibility index (Phi) is 3.19. The molecule has 2 aliphatic heterocycles. The summed E-state index contributed by atoms with van der Waals surface area (Å²) in [6.45, 7) is 6.62. The number of thioether (sulfide) groups is 1. The highest BCUT2D eigenvalue weighted by Crippen LogP contribution is 2.23. The molecule has 0 radical (unpaired) electrons. The molecule has 0 aliphatic carbocycles. The minimum Gasteiger partial charge on any atom is -0.479 e. The summed E-state index contributed by atoms with van der Waals surface area (Å²) >= 11 is 2.03. The summed E-state index contributed by atoms with van der Waals surface area (Å²) < 4.78 is 5.68. The summed E-state index contributed by atoms with van der Waals surface area (Å²) in [6.07, 6.45) is 4.07. The van der Waals surface area contributed by atoms with Gasteiger partial charge in [-0.25, -0.2) is 0 Å². The van der Waals surface area contributed by atoms with Gasteiger partial charge in [-0.05, 0) is 31.1 Å². The zero-order valence-corrected chi connectivity index (χ0v) is 9.64. The molecule has 0 aromatic heterocycles. The molecule has 1 fully saturated rings. The number of rotatable bonds is 1. The third-order valence-electron chi connectivity index (χ3n) is 2.90. The molecule has 1 saturated heterocycles. The van der Waals surface area contributed by atoms with Crippen LogP contribution in [0.4, 0.5) is 0 Å². The van der Waals surface area contributed by atoms with Crippen molar-refractivity contribution in [3.05, 3.63) is 23.5 Å². The van der Waals surface area contributed by atoms with Crippen LogP contribution in [-0.2, 0) is 4.74 Å². The van der Waals surface area contributed by atoms with Crippen molar-refractivity contribution in [3.63, 3.8) is 0 Å². The second-order valence-corrected chi connectivity index (χ2v) is 5.03. The van der Waals surface area contributed by atoms with E-state index in [1.807, 2.05) is 24.1 Å². The molecule has 2 aliphatic rings. The molecule has 2 rings (SSSR count). The lowest BCUT2D eigenvalue weighted by Crippen LogP contribution is -2.43. The molecule has 3 heteroatoms. The maximum absolute atomic E-state index is 5.68. The van der Waals surface area contributed by atoms with Gasteiger partial charge in [0.25, 0.3) is 0 Å². The van der Waals surface area contributed by atoms with E-state index in [2.05, 4.69) is 18.7 Å². The normalized spacial score (nSPS) is 29.1. The summed E-state index contributed by atoms with van der Waals surface area (Å²) in [5.74, 6) is 2.46. The zero-order valence-electron chi connectivity index (χ0n) is 8.82. The van der Waals surface area contributed by atoms with E-state index in [0.29, 0.717) is 0 Å². The largest absolute Gasteiger partial charge is 0.479 e. The first-order chi connectivity index (χ1) is 6.79. The van der Waals surface area contributed by atoms with Crippen LogP contribution in [0, 0.1) is 0 Å². The summed E-state index contributed by atoms with van der Waals surface area (Å²) in [5, 5.41) is 0. The standard InChI is InChI=1S/C11H17NOS/c1-9-3-6-13-11(10(9)2)12-4-7-14-8-5-12/h3,6,11H,4-5,7-8H2,1-2H3. The molecule has 2 heterocycles. The van der Waals surface area contributed by atoms with Crippen LogP contribution < -0.4 is 0 Å². The molecule has 2 nitrogen and oxygen atoms in total. The number of nitrogens with zero attached hydrogens (tertiary/aromatic N) is 1. The Balaban J connectivity index is 2.07. The van der Waals surface area contributed by atoms with Gasteiger partial charge in [-0.1, -0.05) is 0 Å². The van der Waals surface area contributed by atoms with E-state index in [9.17, 15) is 0 Å². The highest BCUT2D eigenvalue weighted by Gasteiger charge is 2.24. The van der Waals surface area contributed by atoms with Crippen LogP contribution in [0.2, 0.25) is 0 Å². The fourth-order valence-corrected chi connectivity index (χ4v) is 2.75. The summed E-state index contributed by atoms with van der Waals surface area (Å²) in [4.78, 5) is 2.43. The molecule has 0 bridgehead atoms. The van der Waals surface area contributed by atoms with Gasteiger partial charge >= 0.3 is 0 Å². The SMILES string of the molecule is CC1=C(C)C(N2CCSCC2)OC=C1. The molecule has 0 aromatic carbocycles. The molecular weight excluding hydrogens is 194 g/mol. The molecule has 0 saturated carbocycles. The fraction of sp³-hybridized carbons (Fsp3) is 0.636. The maximum atomic E-state index is 5.68. The Bertz CT molecular complexity index is 266. The Labute approximate surface area is 90.0 Å². The van der Waals surface area contributed by atoms with Crippen LogP contribution in [0.3, 0.4) is 0 Å². The predicted octanol–water partition coefficient (Wildman–Crippen LogP) is 2.24. The van der Waals surface area contributed by atoms with E-state index in [4.69, 9.17) is 4.74 Å². The first-order valence-electron chi connectivity index (χ1n) is 5.10. The molecule has 0 N–H and O–H groups in total. The zero-order chi connectivity index (χ0) is 9.97. The topological polar surface area (TPSA) is 12.5 Å². The van der Waals surface area contributed by atoms with Gasteiger partial charge in [0.1, 0.15) is 0 Å². The first-order valence-corrected chi connectivity index (χ1v) is 6.25. The quantitative estimate of drug-likeness (QED) is 0.660. The van der Waals surface area contributed by atoms with Crippen molar-refractivity contribution < 1.29 is 4.74 Å². The third kappa shape index (κ3) is 1.98. The summed E-state index contributed by atoms with van der Waals surface area (Å²) in [5.41, 5.74) is 2.71. The average molecular weight is 211 g/mol. The van der Waals surface area contributed by atoms with Crippen LogP contribution in [0.1, 0.15) is 13.8 Å². The Morgan fingerprint density at radius 2 is 2.07 bits per heavy atom. The van der Waals surface area contributed by atoms with Crippen LogP contribution in [0.25, 0.3) is 0 Å². The minimum atomic E-state index is 0.195. The number of allylic oxidation sites excluding steroid dienone is 2. The van der Waals surface area contributed by atoms with Gasteiger partial charge in [0.05, 0.1) is 6.26 Å². The fourth-order valence-electron chi connectivity index (χ4n) is 1.82. The van der Waals surface area contributed by atoms with E-state index in [1.165, 1.54) is 22.7 Å². The predicted molar refractivity (Wildman–Crippen MR) is 61.3 cm³/mol. The lowest BCUT2D eigenvalue weighted by molar-refractivity contribution is 0.0221. The van der Waals surface area contributed by atoms with E-state index in [1.54, 1.807) is 0 Å². The van der Waals surface area contributed by atoms with Crippen molar-refractivity contribution in [2.75, 3.05) is 24.6 Å². The molecule has 78 valence electrons. The van der Waals surface area contributed by atoms with E-state index < -0.39 is 0 Å². The molecular formula is C11H17NOS. The van der Waals surface area contributed by atoms with Crippen molar-refractivity contribution in [1.29, 1.82) is 0 Å². The monoisotopic (exact) mass is 211 g/mol. The van der Waals surface area contributed by atoms with Gasteiger partial charge in [0.15, 0.2) is 6.23 Å². The van der Waals surface area contributed by atoms with E-state index in [-0.39, 0.29) is 6.23 Å². The molecule has 1 unspecified atom stereocenters. The highest BCUT2D eigenvalue weighted by atomic mass is 32.2. The maximum Gasteiger partial charge on any atom is 0.174 e. The van der Waals surface area contributed by atoms with Crippen LogP contribution in [0.15, 0.2) is 23.5 Å². The van der Waals surface area contributed by atoms with Crippen molar-refractivity contribution in [2.45, 2.75) is 20.1 Å². The summed E-state index contributed by atoms with van der Waals surface area (Å²) in [6, 6.07) is 0. The molecule has 0 spiro atoms. The van der Waals surface area contributed by atoms with Crippen molar-refractivity contribution >= 4 is 11.8 Å². The number of hydrogen-bond acceptors (Lipinski definition) is 3. The lowest BCUT2D eigenvalue weighted by atomic mass is 10.1. The second-order valence-electron chi connectivity index (χ2n) is 3.81. The average Bonchev–Trinajstić information content (AvgIpc) is 2.23. The van der Waals surface area contributed by atoms with Crippen molar-refractivity contribution in [3.8, 4) is 0 Å². The number of hydrogen-bond donors (Lipinski definition) is 0. The molecule has 0 aromatic rings. The second kappa shape index (κ2) is 4.41. The molecule has 1 atom stereocenters. The van der Waals surface area contributed by atoms with Crippen molar-refractivity contribution in [2.24, 2.45) is 0 Å². The van der Waals surface area contributed by atoms with Gasteiger partial charge in [-0.3, -0.25) is 4.90 Å². The Morgan fingerprint density at radius 1 is 1.36 bits per heavy atom. The van der Waals surface area contributed by atoms with Crippen LogP contribution in [-0.4, -0.2) is 35.7 Å². The minimum absolute atomic E-state index is 0.195. The van der Waals surface area contributed by atoms with Crippen molar-refractivity contribution in [1.82, 2.24) is 4.90 Å². The molecule has 14 heavy (non-hydrogen) atoms. The van der Waals surface area contributed by atoms with Crippen LogP contribution in [0.5, 0.6) is 0 Å². The van der Waals surface area contributed by atoms with E-state index in [0.717, 1.165) is 13.1 Å². The summed E-state index contributed by atoms with van der Waals surface area (Å²) in [7, 11) is 0. The number of ether oxygens (including phenoxy) is 1. The van der Waals surface area contributed by atoms with Gasteiger partial charge in [-0.15, -0.1) is 0 Å². The van der Waals surface area contributed by atoms with E-state index >= 15 is 0 Å². The smallest absolute Gasteiger partial charge is 0.174 e. The van der Waals surface area contributed by atoms with Gasteiger partial charge in [-0.2, -0.15) is 11.8 Å². The van der Waals surface area contributed by atoms with Gasteiger partial charge in [0.2, 0.25) is 0 Å². The Hall–Kier alpha value is -0.410. The lowest BCUT2D eigenvalue weighted by Gasteiger charge is -2.35. The van der Waals surface area contributed by atoms with Crippen LogP contribution >= 0.6 is 11.8 Å². The first kappa shape index (κ1) is 10.1. The highest BCUT2D eigenvalue weighted by molar-refractivity contribution is 7.99. The molecule has 0 amide bonds.